The summed E-state index contributed by atoms with van der Waals surface area (Å²) in [5.41, 5.74) is 19.7. The highest BCUT2D eigenvalue weighted by molar-refractivity contribution is 5.95. The van der Waals surface area contributed by atoms with Crippen molar-refractivity contribution in [3.05, 3.63) is 102 Å². The summed E-state index contributed by atoms with van der Waals surface area (Å²) in [5, 5.41) is 11.4. The van der Waals surface area contributed by atoms with Crippen LogP contribution < -0.4 is 38.5 Å². The maximum Gasteiger partial charge on any atom is 0.243 e. The van der Waals surface area contributed by atoms with E-state index in [0.717, 1.165) is 23.1 Å². The third kappa shape index (κ3) is 14.0. The molecule has 13 heteroatoms. The number of guanidine groups is 1. The molecule has 0 aliphatic carbocycles. The van der Waals surface area contributed by atoms with Crippen molar-refractivity contribution in [1.82, 2.24) is 21.3 Å². The molecule has 4 unspecified atom stereocenters. The van der Waals surface area contributed by atoms with E-state index in [4.69, 9.17) is 17.2 Å². The first-order chi connectivity index (χ1) is 24.0. The maximum absolute atomic E-state index is 13.8. The molecule has 1 heterocycles. The Bertz CT molecular complexity index is 1520. The zero-order chi connectivity index (χ0) is 36.3. The number of hydrogen-bond donors (Lipinski definition) is 7. The van der Waals surface area contributed by atoms with Crippen molar-refractivity contribution in [2.45, 2.75) is 76.0 Å². The van der Waals surface area contributed by atoms with E-state index in [1.54, 1.807) is 17.3 Å². The van der Waals surface area contributed by atoms with Gasteiger partial charge in [0, 0.05) is 19.5 Å². The van der Waals surface area contributed by atoms with Gasteiger partial charge in [-0.3, -0.25) is 24.2 Å². The van der Waals surface area contributed by atoms with Crippen molar-refractivity contribution in [2.75, 3.05) is 13.1 Å². The summed E-state index contributed by atoms with van der Waals surface area (Å²) in [4.78, 5) is 58.2. The van der Waals surface area contributed by atoms with Crippen molar-refractivity contribution >= 4 is 36.3 Å². The largest absolute Gasteiger partial charge is 0.370 e. The lowest BCUT2D eigenvalue weighted by Gasteiger charge is -2.26. The smallest absolute Gasteiger partial charge is 0.243 e. The molecule has 4 amide bonds. The van der Waals surface area contributed by atoms with Crippen LogP contribution in [0.15, 0.2) is 89.6 Å². The zero-order valence-electron chi connectivity index (χ0n) is 28.7. The molecule has 0 spiro atoms. The Kier molecular flexibility index (Phi) is 16.3. The van der Waals surface area contributed by atoms with E-state index in [1.165, 1.54) is 0 Å². The molecule has 0 saturated heterocycles. The Balaban J connectivity index is 1.75. The predicted molar refractivity (Wildman–Crippen MR) is 195 cm³/mol. The summed E-state index contributed by atoms with van der Waals surface area (Å²) in [6.45, 7) is 8.05. The number of carbonyl (C=O) groups excluding carboxylic acids is 4. The van der Waals surface area contributed by atoms with Crippen LogP contribution >= 0.6 is 0 Å². The number of nitrogens with one attached hydrogen (secondary N) is 4. The summed E-state index contributed by atoms with van der Waals surface area (Å²) in [7, 11) is 0. The number of benzene rings is 2. The summed E-state index contributed by atoms with van der Waals surface area (Å²) >= 11 is 0. The van der Waals surface area contributed by atoms with Gasteiger partial charge in [0.25, 0.3) is 0 Å². The quantitative estimate of drug-likeness (QED) is 0.0352. The number of amides is 4. The van der Waals surface area contributed by atoms with E-state index in [0.29, 0.717) is 25.7 Å². The van der Waals surface area contributed by atoms with Crippen molar-refractivity contribution in [2.24, 2.45) is 22.2 Å². The Morgan fingerprint density at radius 3 is 1.94 bits per heavy atom. The minimum absolute atomic E-state index is 0.0673. The minimum Gasteiger partial charge on any atom is -0.370 e. The molecule has 268 valence electrons. The van der Waals surface area contributed by atoms with Crippen LogP contribution in [0.1, 0.15) is 50.2 Å². The molecule has 0 radical (unpaired) electrons. The summed E-state index contributed by atoms with van der Waals surface area (Å²) in [5.74, 6) is -2.00. The average Bonchev–Trinajstić information content (AvgIpc) is 3.11. The second-order valence-electron chi connectivity index (χ2n) is 12.2. The molecule has 1 aliphatic rings. The van der Waals surface area contributed by atoms with Crippen LogP contribution in [0.25, 0.3) is 0 Å². The molecule has 4 atom stereocenters. The molecular formula is C37H51N9O4. The van der Waals surface area contributed by atoms with E-state index >= 15 is 0 Å². The van der Waals surface area contributed by atoms with Crippen LogP contribution in [0.5, 0.6) is 0 Å². The van der Waals surface area contributed by atoms with E-state index in [9.17, 15) is 19.2 Å². The second kappa shape index (κ2) is 20.8. The maximum atomic E-state index is 13.8. The van der Waals surface area contributed by atoms with Crippen LogP contribution in [0.4, 0.5) is 0 Å². The van der Waals surface area contributed by atoms with Crippen LogP contribution in [-0.4, -0.2) is 78.1 Å². The predicted octanol–water partition coefficient (Wildman–Crippen LogP) is 0.942. The lowest BCUT2D eigenvalue weighted by Crippen LogP contribution is -2.58. The molecule has 0 saturated carbocycles. The van der Waals surface area contributed by atoms with Gasteiger partial charge in [0.05, 0.1) is 25.5 Å². The minimum atomic E-state index is -1.01. The summed E-state index contributed by atoms with van der Waals surface area (Å²) < 4.78 is 1.64. The second-order valence-corrected chi connectivity index (χ2v) is 12.2. The van der Waals surface area contributed by atoms with Crippen LogP contribution in [0.3, 0.4) is 0 Å². The fourth-order valence-corrected chi connectivity index (χ4v) is 5.21. The monoisotopic (exact) mass is 685 g/mol. The SMILES string of the molecule is C=[N+]1C=CC(CNC(=O)C(CCCN=C(N)N)NC(=O)C(CCCC)NC(=O)C(Cc2ccccc2)NC(=O)C(N)Cc2ccccc2)=C[CH-]1. The molecule has 1 aliphatic heterocycles. The summed E-state index contributed by atoms with van der Waals surface area (Å²) in [6, 6.07) is 14.9. The molecule has 0 bridgehead atoms. The first-order valence-corrected chi connectivity index (χ1v) is 16.9. The van der Waals surface area contributed by atoms with Gasteiger partial charge in [-0.05, 0) is 36.8 Å². The van der Waals surface area contributed by atoms with Crippen LogP contribution in [0, 0.1) is 6.54 Å². The van der Waals surface area contributed by atoms with Crippen molar-refractivity contribution in [1.29, 1.82) is 0 Å². The van der Waals surface area contributed by atoms with E-state index in [-0.39, 0.29) is 31.9 Å². The topological polar surface area (TPSA) is 210 Å². The van der Waals surface area contributed by atoms with Gasteiger partial charge in [0.15, 0.2) is 5.96 Å². The lowest BCUT2D eigenvalue weighted by molar-refractivity contribution is -0.395. The molecule has 0 fully saturated rings. The Morgan fingerprint density at radius 2 is 1.36 bits per heavy atom. The van der Waals surface area contributed by atoms with Gasteiger partial charge in [0.2, 0.25) is 23.6 Å². The third-order valence-electron chi connectivity index (χ3n) is 8.04. The highest BCUT2D eigenvalue weighted by Crippen LogP contribution is 2.10. The molecule has 2 aromatic rings. The molecule has 10 N–H and O–H groups in total. The van der Waals surface area contributed by atoms with Gasteiger partial charge in [0.1, 0.15) is 18.1 Å². The Labute approximate surface area is 294 Å². The number of unbranched alkanes of at least 4 members (excludes halogenated alkanes) is 1. The molecule has 3 rings (SSSR count). The number of nitrogens with zero attached hydrogens (tertiary/aromatic N) is 2. The summed E-state index contributed by atoms with van der Waals surface area (Å²) in [6.07, 6.45) is 8.30. The fourth-order valence-electron chi connectivity index (χ4n) is 5.21. The third-order valence-corrected chi connectivity index (χ3v) is 8.04. The van der Waals surface area contributed by atoms with Gasteiger partial charge < -0.3 is 43.0 Å². The first-order valence-electron chi connectivity index (χ1n) is 16.9. The fraction of sp³-hybridized carbons (Fsp3) is 0.378. The van der Waals surface area contributed by atoms with Crippen molar-refractivity contribution < 1.29 is 23.8 Å². The lowest BCUT2D eigenvalue weighted by atomic mass is 10.0. The van der Waals surface area contributed by atoms with E-state index < -0.39 is 47.8 Å². The standard InChI is InChI=1S/C37H51N9O4/c1-3-4-16-31(35(49)43-30(17-11-20-41-37(39)40)34(48)42-25-28-18-21-46(2)22-19-28)44-36(50)32(24-27-14-9-6-10-15-27)45-33(47)29(38)23-26-12-7-5-8-13-26/h5-10,12-15,18-19,21-22,29-32H,2-4,11,16-17,20,23-25,38H2,1H3,(H,42,48)(H,43,49)(H,44,50)(H,45,47)(H4,39,40,41). The molecule has 2 aromatic carbocycles. The number of carbonyl (C=O) groups is 4. The van der Waals surface area contributed by atoms with Gasteiger partial charge in [-0.2, -0.15) is 0 Å². The zero-order valence-corrected chi connectivity index (χ0v) is 28.7. The van der Waals surface area contributed by atoms with Crippen molar-refractivity contribution in [3.63, 3.8) is 0 Å². The molecule has 13 nitrogen and oxygen atoms in total. The average molecular weight is 686 g/mol. The normalized spacial score (nSPS) is 14.5. The highest BCUT2D eigenvalue weighted by Gasteiger charge is 2.30. The van der Waals surface area contributed by atoms with Crippen LogP contribution in [0.2, 0.25) is 0 Å². The highest BCUT2D eigenvalue weighted by atomic mass is 16.2. The van der Waals surface area contributed by atoms with Crippen LogP contribution in [-0.2, 0) is 32.0 Å². The number of hydrogen-bond acceptors (Lipinski definition) is 6. The first kappa shape index (κ1) is 39.0. The van der Waals surface area contributed by atoms with Gasteiger partial charge >= 0.3 is 0 Å². The Hall–Kier alpha value is -5.43. The number of nitrogens with two attached hydrogens (primary N) is 3. The molecule has 0 aromatic heterocycles. The van der Waals surface area contributed by atoms with E-state index in [2.05, 4.69) is 33.0 Å². The molecular weight excluding hydrogens is 634 g/mol. The van der Waals surface area contributed by atoms with Crippen molar-refractivity contribution in [3.8, 4) is 0 Å². The van der Waals surface area contributed by atoms with Gasteiger partial charge in [-0.25, -0.2) is 0 Å². The van der Waals surface area contributed by atoms with E-state index in [1.807, 2.05) is 79.7 Å². The van der Waals surface area contributed by atoms with Gasteiger partial charge in [-0.1, -0.05) is 98.2 Å². The Morgan fingerprint density at radius 1 is 0.800 bits per heavy atom. The number of rotatable bonds is 20. The van der Waals surface area contributed by atoms with Gasteiger partial charge in [-0.15, -0.1) is 0 Å². The molecule has 50 heavy (non-hydrogen) atoms. The number of aliphatic imine (C=N–C) groups is 1.